The number of urea groups is 2. The minimum absolute atomic E-state index is 0.105. The molecule has 14 heteroatoms. The summed E-state index contributed by atoms with van der Waals surface area (Å²) in [5.74, 6) is -2.91. The van der Waals surface area contributed by atoms with Crippen LogP contribution in [-0.4, -0.2) is 70.4 Å². The molecule has 0 saturated heterocycles. The number of nitrogens with one attached hydrogen (secondary N) is 2. The van der Waals surface area contributed by atoms with Gasteiger partial charge < -0.3 is 20.8 Å². The fraction of sp³-hybridized carbons (Fsp3) is 0.500. The van der Waals surface area contributed by atoms with Gasteiger partial charge in [0.05, 0.1) is 10.6 Å². The fourth-order valence-electron chi connectivity index (χ4n) is 1.05. The van der Waals surface area contributed by atoms with Gasteiger partial charge in [0.2, 0.25) is 0 Å². The van der Waals surface area contributed by atoms with E-state index in [-0.39, 0.29) is 23.1 Å². The van der Waals surface area contributed by atoms with Gasteiger partial charge in [-0.15, -0.1) is 9.81 Å². The summed E-state index contributed by atoms with van der Waals surface area (Å²) in [6.45, 7) is -2.36. The second-order valence-corrected chi connectivity index (χ2v) is 3.53. The van der Waals surface area contributed by atoms with Gasteiger partial charge in [0.1, 0.15) is 13.1 Å². The summed E-state index contributed by atoms with van der Waals surface area (Å²) in [6.07, 6.45) is 0. The van der Waals surface area contributed by atoms with Crippen LogP contribution in [0.5, 0.6) is 0 Å². The largest absolute Gasteiger partial charge is 0.480 e. The van der Waals surface area contributed by atoms with Gasteiger partial charge in [0.15, 0.2) is 0 Å². The molecule has 0 radical (unpaired) electrons. The van der Waals surface area contributed by atoms with Crippen molar-refractivity contribution in [2.45, 2.75) is 0 Å². The van der Waals surface area contributed by atoms with E-state index >= 15 is 0 Å². The molecule has 0 atom stereocenters. The molecule has 122 valence electrons. The van der Waals surface area contributed by atoms with Crippen molar-refractivity contribution in [1.82, 2.24) is 20.7 Å². The zero-order chi connectivity index (χ0) is 17.1. The van der Waals surface area contributed by atoms with E-state index in [1.54, 1.807) is 0 Å². The average Bonchev–Trinajstić information content (AvgIpc) is 2.45. The number of aliphatic carboxylic acids is 2. The summed E-state index contributed by atoms with van der Waals surface area (Å²) in [5.41, 5.74) is 0. The van der Waals surface area contributed by atoms with Gasteiger partial charge in [-0.2, -0.15) is 10.0 Å². The Hall–Kier alpha value is -3.32. The molecule has 0 aliphatic heterocycles. The molecule has 0 spiro atoms. The molecule has 0 aliphatic carbocycles. The van der Waals surface area contributed by atoms with E-state index in [1.165, 1.54) is 0 Å². The van der Waals surface area contributed by atoms with Crippen molar-refractivity contribution in [3.8, 4) is 0 Å². The Bertz CT molecular complexity index is 426. The Morgan fingerprint density at radius 2 is 1.09 bits per heavy atom. The first kappa shape index (κ1) is 18.7. The lowest BCUT2D eigenvalue weighted by Crippen LogP contribution is -2.45. The first-order valence-corrected chi connectivity index (χ1v) is 5.52. The molecule has 0 aliphatic rings. The van der Waals surface area contributed by atoms with Gasteiger partial charge in [-0.1, -0.05) is 0 Å². The smallest absolute Gasteiger partial charge is 0.341 e. The molecule has 0 rings (SSSR count). The number of nitrogens with zero attached hydrogens (tertiary/aromatic N) is 4. The van der Waals surface area contributed by atoms with E-state index < -0.39 is 37.1 Å². The van der Waals surface area contributed by atoms with Crippen LogP contribution in [0.4, 0.5) is 9.59 Å². The highest BCUT2D eigenvalue weighted by atomic mass is 16.4. The number of carboxylic acid groups (broad SMARTS) is 2. The SMILES string of the molecule is O=NN(CC(=O)O)C(=O)NCCNC(=O)N(CC(=O)O)N=O. The van der Waals surface area contributed by atoms with Crippen molar-refractivity contribution in [1.29, 1.82) is 0 Å². The quantitative estimate of drug-likeness (QED) is 0.224. The third kappa shape index (κ3) is 7.31. The molecule has 0 aromatic heterocycles. The van der Waals surface area contributed by atoms with E-state index in [0.717, 1.165) is 0 Å². The van der Waals surface area contributed by atoms with Gasteiger partial charge in [-0.05, 0) is 0 Å². The summed E-state index contributed by atoms with van der Waals surface area (Å²) < 4.78 is 0. The first-order chi connectivity index (χ1) is 10.3. The predicted octanol–water partition coefficient (Wildman–Crippen LogP) is -1.46. The van der Waals surface area contributed by atoms with Crippen LogP contribution in [0, 0.1) is 9.81 Å². The third-order valence-corrected chi connectivity index (χ3v) is 1.91. The van der Waals surface area contributed by atoms with Crippen LogP contribution in [0.15, 0.2) is 10.6 Å². The van der Waals surface area contributed by atoms with Crippen LogP contribution in [-0.2, 0) is 9.59 Å². The number of amides is 4. The van der Waals surface area contributed by atoms with Crippen molar-refractivity contribution >= 4 is 24.0 Å². The minimum atomic E-state index is -1.45. The van der Waals surface area contributed by atoms with Crippen LogP contribution in [0.2, 0.25) is 0 Å². The van der Waals surface area contributed by atoms with Crippen molar-refractivity contribution in [2.24, 2.45) is 10.6 Å². The van der Waals surface area contributed by atoms with Crippen LogP contribution >= 0.6 is 0 Å². The lowest BCUT2D eigenvalue weighted by Gasteiger charge is -2.14. The summed E-state index contributed by atoms with van der Waals surface area (Å²) in [7, 11) is 0. The van der Waals surface area contributed by atoms with Gasteiger partial charge in [0.25, 0.3) is 0 Å². The fourth-order valence-corrected chi connectivity index (χ4v) is 1.05. The Balaban J connectivity index is 4.14. The molecule has 22 heavy (non-hydrogen) atoms. The standard InChI is InChI=1S/C8H12N6O8/c15-5(16)3-13(11-21)7(19)9-1-2-10-8(20)14(12-22)4-6(17)18/h1-4H2,(H,9,19)(H,10,20)(H,15,16)(H,17,18). The Labute approximate surface area is 121 Å². The van der Waals surface area contributed by atoms with E-state index in [4.69, 9.17) is 10.2 Å². The number of carbonyl (C=O) groups excluding carboxylic acids is 2. The molecule has 4 N–H and O–H groups in total. The average molecular weight is 320 g/mol. The normalized spacial score (nSPS) is 9.27. The van der Waals surface area contributed by atoms with Gasteiger partial charge in [0, 0.05) is 13.1 Å². The van der Waals surface area contributed by atoms with Crippen LogP contribution in [0.25, 0.3) is 0 Å². The molecule has 0 aromatic rings. The molecule has 0 bridgehead atoms. The molecular formula is C8H12N6O8. The minimum Gasteiger partial charge on any atom is -0.480 e. The summed E-state index contributed by atoms with van der Waals surface area (Å²) in [5, 5.41) is 25.5. The molecular weight excluding hydrogens is 308 g/mol. The van der Waals surface area contributed by atoms with Crippen LogP contribution < -0.4 is 10.6 Å². The van der Waals surface area contributed by atoms with E-state index in [9.17, 15) is 29.0 Å². The van der Waals surface area contributed by atoms with Crippen molar-refractivity contribution in [3.05, 3.63) is 9.81 Å². The maximum atomic E-state index is 11.3. The van der Waals surface area contributed by atoms with Crippen LogP contribution in [0.3, 0.4) is 0 Å². The number of carbonyl (C=O) groups is 4. The number of rotatable bonds is 9. The van der Waals surface area contributed by atoms with Crippen molar-refractivity contribution in [3.63, 3.8) is 0 Å². The van der Waals surface area contributed by atoms with Crippen LogP contribution in [0.1, 0.15) is 0 Å². The molecule has 0 saturated carbocycles. The Morgan fingerprint density at radius 3 is 1.32 bits per heavy atom. The summed E-state index contributed by atoms with van der Waals surface area (Å²) >= 11 is 0. The molecule has 4 amide bonds. The second-order valence-electron chi connectivity index (χ2n) is 3.53. The molecule has 0 fully saturated rings. The van der Waals surface area contributed by atoms with E-state index in [1.807, 2.05) is 0 Å². The van der Waals surface area contributed by atoms with Crippen molar-refractivity contribution in [2.75, 3.05) is 26.2 Å². The zero-order valence-electron chi connectivity index (χ0n) is 11.0. The Morgan fingerprint density at radius 1 is 0.773 bits per heavy atom. The lowest BCUT2D eigenvalue weighted by molar-refractivity contribution is -0.138. The summed E-state index contributed by atoms with van der Waals surface area (Å²) in [4.78, 5) is 63.6. The topological polar surface area (TPSA) is 198 Å². The first-order valence-electron chi connectivity index (χ1n) is 5.52. The Kier molecular flexibility index (Phi) is 8.12. The highest BCUT2D eigenvalue weighted by Crippen LogP contribution is 1.91. The highest BCUT2D eigenvalue weighted by molar-refractivity contribution is 5.80. The van der Waals surface area contributed by atoms with Gasteiger partial charge in [-0.25, -0.2) is 9.59 Å². The summed E-state index contributed by atoms with van der Waals surface area (Å²) in [6, 6.07) is -2.22. The predicted molar refractivity (Wildman–Crippen MR) is 67.1 cm³/mol. The molecule has 0 unspecified atom stereocenters. The van der Waals surface area contributed by atoms with Gasteiger partial charge >= 0.3 is 24.0 Å². The van der Waals surface area contributed by atoms with Gasteiger partial charge in [-0.3, -0.25) is 9.59 Å². The highest BCUT2D eigenvalue weighted by Gasteiger charge is 2.18. The zero-order valence-corrected chi connectivity index (χ0v) is 11.0. The van der Waals surface area contributed by atoms with E-state index in [2.05, 4.69) is 21.2 Å². The number of hydrogen-bond acceptors (Lipinski definition) is 8. The maximum Gasteiger partial charge on any atom is 0.341 e. The lowest BCUT2D eigenvalue weighted by atomic mass is 10.5. The third-order valence-electron chi connectivity index (χ3n) is 1.91. The molecule has 0 heterocycles. The van der Waals surface area contributed by atoms with E-state index in [0.29, 0.717) is 0 Å². The van der Waals surface area contributed by atoms with Crippen molar-refractivity contribution < 1.29 is 29.4 Å². The molecule has 0 aromatic carbocycles. The second kappa shape index (κ2) is 9.56. The number of hydrogen-bond donors (Lipinski definition) is 4. The number of nitroso groups, excluding NO2 is 2. The monoisotopic (exact) mass is 320 g/mol. The maximum absolute atomic E-state index is 11.3. The molecule has 14 nitrogen and oxygen atoms in total. The number of carboxylic acids is 2.